The molecule has 2 fully saturated rings. The Hall–Kier alpha value is -0.170. The molecule has 0 aromatic rings. The Morgan fingerprint density at radius 2 is 1.82 bits per heavy atom. The monoisotopic (exact) mass is 261 g/mol. The molecule has 3 N–H and O–H groups in total. The number of hydrogen-bond donors (Lipinski definition) is 3. The van der Waals surface area contributed by atoms with Crippen molar-refractivity contribution in [2.24, 2.45) is 5.92 Å². The van der Waals surface area contributed by atoms with E-state index in [1.807, 2.05) is 0 Å². The van der Waals surface area contributed by atoms with Gasteiger partial charge in [0.25, 0.3) is 0 Å². The Morgan fingerprint density at radius 3 is 2.47 bits per heavy atom. The van der Waals surface area contributed by atoms with Crippen molar-refractivity contribution in [2.45, 2.75) is 31.7 Å². The maximum Gasteiger partial charge on any atom is 0.212 e. The predicted octanol–water partition coefficient (Wildman–Crippen LogP) is -0.343. The van der Waals surface area contributed by atoms with Gasteiger partial charge in [0.15, 0.2) is 0 Å². The molecule has 0 radical (unpaired) electrons. The molecular formula is C11H23N3O2S. The first-order valence-electron chi connectivity index (χ1n) is 6.57. The summed E-state index contributed by atoms with van der Waals surface area (Å²) >= 11 is 0. The van der Waals surface area contributed by atoms with Crippen LogP contribution < -0.4 is 15.4 Å². The molecule has 0 aromatic carbocycles. The van der Waals surface area contributed by atoms with Crippen LogP contribution in [0, 0.1) is 5.92 Å². The van der Waals surface area contributed by atoms with Gasteiger partial charge in [-0.1, -0.05) is 0 Å². The highest BCUT2D eigenvalue weighted by atomic mass is 32.2. The van der Waals surface area contributed by atoms with Gasteiger partial charge in [0.2, 0.25) is 10.0 Å². The molecule has 2 aliphatic rings. The van der Waals surface area contributed by atoms with Crippen LogP contribution in [0.1, 0.15) is 25.7 Å². The molecule has 5 nitrogen and oxygen atoms in total. The van der Waals surface area contributed by atoms with Gasteiger partial charge in [-0.15, -0.1) is 0 Å². The highest BCUT2D eigenvalue weighted by molar-refractivity contribution is 7.89. The van der Waals surface area contributed by atoms with Gasteiger partial charge in [0.1, 0.15) is 0 Å². The number of piperidine rings is 2. The molecule has 0 aliphatic carbocycles. The largest absolute Gasteiger partial charge is 0.317 e. The topological polar surface area (TPSA) is 70.2 Å². The molecule has 6 heteroatoms. The fraction of sp³-hybridized carbons (Fsp3) is 1.00. The molecule has 0 saturated carbocycles. The van der Waals surface area contributed by atoms with Crippen LogP contribution in [0.4, 0.5) is 0 Å². The van der Waals surface area contributed by atoms with Crippen molar-refractivity contribution in [1.82, 2.24) is 15.4 Å². The van der Waals surface area contributed by atoms with Crippen LogP contribution in [-0.4, -0.2) is 46.4 Å². The summed E-state index contributed by atoms with van der Waals surface area (Å²) in [5.41, 5.74) is 0. The summed E-state index contributed by atoms with van der Waals surface area (Å²) < 4.78 is 26.8. The summed E-state index contributed by atoms with van der Waals surface area (Å²) in [7, 11) is -3.10. The lowest BCUT2D eigenvalue weighted by atomic mass is 10.0. The van der Waals surface area contributed by atoms with Crippen LogP contribution in [0.5, 0.6) is 0 Å². The van der Waals surface area contributed by atoms with E-state index in [0.717, 1.165) is 51.9 Å². The minimum Gasteiger partial charge on any atom is -0.317 e. The first-order valence-corrected chi connectivity index (χ1v) is 8.22. The summed E-state index contributed by atoms with van der Waals surface area (Å²) in [6.07, 6.45) is 3.96. The van der Waals surface area contributed by atoms with E-state index in [4.69, 9.17) is 0 Å². The zero-order valence-corrected chi connectivity index (χ0v) is 11.1. The maximum absolute atomic E-state index is 12.0. The highest BCUT2D eigenvalue weighted by Gasteiger charge is 2.24. The third-order valence-corrected chi connectivity index (χ3v) is 5.16. The third kappa shape index (κ3) is 4.54. The molecule has 2 rings (SSSR count). The third-order valence-electron chi connectivity index (χ3n) is 3.56. The Balaban J connectivity index is 1.80. The normalized spacial score (nSPS) is 28.1. The van der Waals surface area contributed by atoms with Gasteiger partial charge in [-0.2, -0.15) is 0 Å². The lowest BCUT2D eigenvalue weighted by Crippen LogP contribution is -2.47. The van der Waals surface area contributed by atoms with E-state index >= 15 is 0 Å². The minimum atomic E-state index is -3.10. The van der Waals surface area contributed by atoms with Crippen molar-refractivity contribution in [1.29, 1.82) is 0 Å². The second kappa shape index (κ2) is 6.13. The number of hydrogen-bond acceptors (Lipinski definition) is 4. The lowest BCUT2D eigenvalue weighted by molar-refractivity contribution is 0.393. The van der Waals surface area contributed by atoms with Crippen LogP contribution in [0.2, 0.25) is 0 Å². The molecule has 0 spiro atoms. The minimum absolute atomic E-state index is 0.0930. The lowest BCUT2D eigenvalue weighted by Gasteiger charge is -2.26. The van der Waals surface area contributed by atoms with Gasteiger partial charge in [0, 0.05) is 12.6 Å². The molecule has 1 atom stereocenters. The summed E-state index contributed by atoms with van der Waals surface area (Å²) in [5.74, 6) is 0.621. The molecule has 0 aromatic heterocycles. The van der Waals surface area contributed by atoms with Gasteiger partial charge >= 0.3 is 0 Å². The molecule has 2 heterocycles. The van der Waals surface area contributed by atoms with Gasteiger partial charge < -0.3 is 10.6 Å². The van der Waals surface area contributed by atoms with E-state index in [1.165, 1.54) is 0 Å². The first-order chi connectivity index (χ1) is 8.16. The molecule has 100 valence electrons. The van der Waals surface area contributed by atoms with E-state index in [1.54, 1.807) is 0 Å². The van der Waals surface area contributed by atoms with E-state index in [2.05, 4.69) is 15.4 Å². The standard InChI is InChI=1S/C11H23N3O2S/c15-17(16,9-10-3-6-12-7-4-10)14-11-2-1-5-13-8-11/h10-14H,1-9H2. The molecular weight excluding hydrogens is 238 g/mol. The number of sulfonamides is 1. The van der Waals surface area contributed by atoms with Crippen LogP contribution in [0.25, 0.3) is 0 Å². The van der Waals surface area contributed by atoms with Crippen LogP contribution in [0.15, 0.2) is 0 Å². The zero-order valence-electron chi connectivity index (χ0n) is 10.2. The first kappa shape index (κ1) is 13.3. The zero-order chi connectivity index (χ0) is 12.1. The summed E-state index contributed by atoms with van der Waals surface area (Å²) in [4.78, 5) is 0. The maximum atomic E-state index is 12.0. The molecule has 0 amide bonds. The van der Waals surface area contributed by atoms with Crippen LogP contribution >= 0.6 is 0 Å². The van der Waals surface area contributed by atoms with Crippen LogP contribution in [-0.2, 0) is 10.0 Å². The smallest absolute Gasteiger partial charge is 0.212 e. The van der Waals surface area contributed by atoms with E-state index in [0.29, 0.717) is 11.7 Å². The van der Waals surface area contributed by atoms with E-state index in [-0.39, 0.29) is 6.04 Å². The van der Waals surface area contributed by atoms with Crippen molar-refractivity contribution >= 4 is 10.0 Å². The Bertz CT molecular complexity index is 294. The summed E-state index contributed by atoms with van der Waals surface area (Å²) in [6, 6.07) is 0.0930. The van der Waals surface area contributed by atoms with Crippen molar-refractivity contribution in [3.63, 3.8) is 0 Å². The highest BCUT2D eigenvalue weighted by Crippen LogP contribution is 2.14. The number of rotatable bonds is 4. The summed E-state index contributed by atoms with van der Waals surface area (Å²) in [6.45, 7) is 3.67. The SMILES string of the molecule is O=S(=O)(CC1CCNCC1)NC1CCCNC1. The molecule has 0 bridgehead atoms. The van der Waals surface area contributed by atoms with Crippen molar-refractivity contribution in [3.05, 3.63) is 0 Å². The fourth-order valence-electron chi connectivity index (χ4n) is 2.61. The van der Waals surface area contributed by atoms with Crippen molar-refractivity contribution < 1.29 is 8.42 Å². The average Bonchev–Trinajstić information content (AvgIpc) is 2.30. The molecule has 1 unspecified atom stereocenters. The predicted molar refractivity (Wildman–Crippen MR) is 68.4 cm³/mol. The quantitative estimate of drug-likeness (QED) is 0.647. The Kier molecular flexibility index (Phi) is 4.78. The van der Waals surface area contributed by atoms with Crippen molar-refractivity contribution in [3.8, 4) is 0 Å². The van der Waals surface area contributed by atoms with Gasteiger partial charge in [-0.05, 0) is 51.2 Å². The second-order valence-electron chi connectivity index (χ2n) is 5.14. The molecule has 2 aliphatic heterocycles. The van der Waals surface area contributed by atoms with E-state index in [9.17, 15) is 8.42 Å². The van der Waals surface area contributed by atoms with Crippen LogP contribution in [0.3, 0.4) is 0 Å². The average molecular weight is 261 g/mol. The molecule has 2 saturated heterocycles. The summed E-state index contributed by atoms with van der Waals surface area (Å²) in [5, 5.41) is 6.48. The molecule has 17 heavy (non-hydrogen) atoms. The second-order valence-corrected chi connectivity index (χ2v) is 6.93. The fourth-order valence-corrected chi connectivity index (χ4v) is 4.37. The van der Waals surface area contributed by atoms with Gasteiger partial charge in [-0.3, -0.25) is 0 Å². The van der Waals surface area contributed by atoms with Gasteiger partial charge in [-0.25, -0.2) is 13.1 Å². The Labute approximate surface area is 104 Å². The van der Waals surface area contributed by atoms with Crippen molar-refractivity contribution in [2.75, 3.05) is 31.9 Å². The number of nitrogens with one attached hydrogen (secondary N) is 3. The van der Waals surface area contributed by atoms with E-state index < -0.39 is 10.0 Å². The van der Waals surface area contributed by atoms with Gasteiger partial charge in [0.05, 0.1) is 5.75 Å². The Morgan fingerprint density at radius 1 is 1.06 bits per heavy atom.